The van der Waals surface area contributed by atoms with Crippen molar-refractivity contribution in [3.63, 3.8) is 0 Å². The normalized spacial score (nSPS) is 34.3. The monoisotopic (exact) mass is 393 g/mol. The third kappa shape index (κ3) is 2.44. The summed E-state index contributed by atoms with van der Waals surface area (Å²) in [4.78, 5) is 26.5. The van der Waals surface area contributed by atoms with Crippen LogP contribution in [0.1, 0.15) is 5.56 Å². The predicted molar refractivity (Wildman–Crippen MR) is 93.8 cm³/mol. The van der Waals surface area contributed by atoms with Gasteiger partial charge in [0, 0.05) is 20.8 Å². The molecule has 27 heavy (non-hydrogen) atoms. The fraction of sp³-hybridized carbons (Fsp3) is 0.444. The molecule has 1 unspecified atom stereocenters. The first-order chi connectivity index (χ1) is 12.9. The number of aliphatic carboxylic acids is 1. The van der Waals surface area contributed by atoms with E-state index in [0.29, 0.717) is 0 Å². The number of carboxylic acid groups (broad SMARTS) is 1. The van der Waals surface area contributed by atoms with E-state index in [2.05, 4.69) is 0 Å². The Hall–Kier alpha value is -1.99. The standard InChI is InChI=1S/C18H20NO7P/c1-24-27(23,25-2)17-18-9-8-12(26-18)13(16(21)22)14(18)15(20)19(17)10-11-6-4-3-5-7-11/h3-9,12-14,17H,10H2,1-2H3,(H,21,22)/t12-,13-,14+,17?,18+/m0/s1. The first kappa shape index (κ1) is 18.4. The average Bonchev–Trinajstić information content (AvgIpc) is 3.30. The zero-order chi connectivity index (χ0) is 19.4. The summed E-state index contributed by atoms with van der Waals surface area (Å²) in [6, 6.07) is 9.19. The van der Waals surface area contributed by atoms with Crippen LogP contribution < -0.4 is 0 Å². The SMILES string of the molecule is COP(=O)(OC)C1N(Cc2ccccc2)C(=O)[C@H]2[C@@H](C(=O)O)[C@@H]3C=C[C@]12O3. The van der Waals surface area contributed by atoms with Gasteiger partial charge in [0.25, 0.3) is 0 Å². The van der Waals surface area contributed by atoms with E-state index in [9.17, 15) is 19.3 Å². The average molecular weight is 393 g/mol. The smallest absolute Gasteiger partial charge is 0.355 e. The number of rotatable bonds is 6. The van der Waals surface area contributed by atoms with E-state index in [4.69, 9.17) is 13.8 Å². The summed E-state index contributed by atoms with van der Waals surface area (Å²) in [6.45, 7) is 0.146. The summed E-state index contributed by atoms with van der Waals surface area (Å²) in [7, 11) is -1.31. The lowest BCUT2D eigenvalue weighted by molar-refractivity contribution is -0.148. The third-order valence-electron chi connectivity index (χ3n) is 5.62. The summed E-state index contributed by atoms with van der Waals surface area (Å²) >= 11 is 0. The van der Waals surface area contributed by atoms with Gasteiger partial charge in [0.1, 0.15) is 11.5 Å². The largest absolute Gasteiger partial charge is 0.481 e. The molecule has 3 aliphatic rings. The van der Waals surface area contributed by atoms with Gasteiger partial charge < -0.3 is 23.8 Å². The highest BCUT2D eigenvalue weighted by molar-refractivity contribution is 7.54. The van der Waals surface area contributed by atoms with Crippen LogP contribution >= 0.6 is 7.60 Å². The molecule has 0 saturated carbocycles. The van der Waals surface area contributed by atoms with Crippen LogP contribution in [0.25, 0.3) is 0 Å². The molecular formula is C18H20NO7P. The molecule has 5 atom stereocenters. The molecule has 1 N–H and O–H groups in total. The van der Waals surface area contributed by atoms with Gasteiger partial charge in [0.2, 0.25) is 5.91 Å². The lowest BCUT2D eigenvalue weighted by Crippen LogP contribution is -2.45. The van der Waals surface area contributed by atoms with Crippen LogP contribution in [0.3, 0.4) is 0 Å². The second-order valence-electron chi connectivity index (χ2n) is 6.87. The van der Waals surface area contributed by atoms with E-state index >= 15 is 0 Å². The van der Waals surface area contributed by atoms with E-state index in [1.54, 1.807) is 12.2 Å². The Labute approximate surface area is 156 Å². The number of carbonyl (C=O) groups is 2. The lowest BCUT2D eigenvalue weighted by Gasteiger charge is -2.36. The maximum atomic E-state index is 13.4. The maximum Gasteiger partial charge on any atom is 0.355 e. The zero-order valence-corrected chi connectivity index (χ0v) is 15.7. The number of carbonyl (C=O) groups excluding carboxylic acids is 1. The molecule has 0 aliphatic carbocycles. The molecule has 0 aromatic heterocycles. The first-order valence-electron chi connectivity index (χ1n) is 8.53. The van der Waals surface area contributed by atoms with Crippen molar-refractivity contribution in [2.45, 2.75) is 24.0 Å². The molecule has 8 nitrogen and oxygen atoms in total. The Balaban J connectivity index is 1.83. The van der Waals surface area contributed by atoms with Gasteiger partial charge in [-0.25, -0.2) is 0 Å². The quantitative estimate of drug-likeness (QED) is 0.581. The Bertz CT molecular complexity index is 849. The van der Waals surface area contributed by atoms with Gasteiger partial charge in [-0.1, -0.05) is 42.5 Å². The number of ether oxygens (including phenoxy) is 1. The molecule has 0 radical (unpaired) electrons. The van der Waals surface area contributed by atoms with Crippen molar-refractivity contribution < 1.29 is 33.0 Å². The van der Waals surface area contributed by atoms with Crippen LogP contribution in [-0.2, 0) is 34.5 Å². The molecule has 3 aliphatic heterocycles. The van der Waals surface area contributed by atoms with E-state index in [1.807, 2.05) is 30.3 Å². The summed E-state index contributed by atoms with van der Waals surface area (Å²) in [5.74, 6) is -4.61. The van der Waals surface area contributed by atoms with Crippen molar-refractivity contribution in [1.82, 2.24) is 4.90 Å². The molecule has 1 amide bonds. The van der Waals surface area contributed by atoms with Gasteiger partial charge in [-0.15, -0.1) is 0 Å². The van der Waals surface area contributed by atoms with Crippen molar-refractivity contribution in [2.75, 3.05) is 14.2 Å². The van der Waals surface area contributed by atoms with Crippen molar-refractivity contribution >= 4 is 19.5 Å². The Morgan fingerprint density at radius 1 is 1.30 bits per heavy atom. The van der Waals surface area contributed by atoms with Crippen LogP contribution in [0.2, 0.25) is 0 Å². The van der Waals surface area contributed by atoms with Gasteiger partial charge in [0.05, 0.1) is 12.0 Å². The number of amides is 1. The molecule has 2 bridgehead atoms. The number of nitrogens with zero attached hydrogens (tertiary/aromatic N) is 1. The fourth-order valence-corrected chi connectivity index (χ4v) is 6.40. The molecule has 9 heteroatoms. The molecule has 1 spiro atoms. The third-order valence-corrected chi connectivity index (χ3v) is 7.92. The maximum absolute atomic E-state index is 13.4. The molecule has 1 aromatic rings. The first-order valence-corrected chi connectivity index (χ1v) is 10.1. The van der Waals surface area contributed by atoms with Gasteiger partial charge in [-0.05, 0) is 5.56 Å². The van der Waals surface area contributed by atoms with Crippen molar-refractivity contribution in [3.05, 3.63) is 48.0 Å². The Morgan fingerprint density at radius 3 is 2.56 bits per heavy atom. The van der Waals surface area contributed by atoms with Crippen LogP contribution in [-0.4, -0.2) is 53.6 Å². The highest BCUT2D eigenvalue weighted by Gasteiger charge is 2.75. The van der Waals surface area contributed by atoms with Crippen LogP contribution in [0, 0.1) is 11.8 Å². The van der Waals surface area contributed by atoms with Crippen LogP contribution in [0.15, 0.2) is 42.5 Å². The number of likely N-dealkylation sites (tertiary alicyclic amines) is 1. The summed E-state index contributed by atoms with van der Waals surface area (Å²) in [5.41, 5.74) is -0.530. The minimum absolute atomic E-state index is 0.146. The predicted octanol–water partition coefficient (Wildman–Crippen LogP) is 1.87. The Morgan fingerprint density at radius 2 is 1.96 bits per heavy atom. The highest BCUT2D eigenvalue weighted by atomic mass is 31.2. The van der Waals surface area contributed by atoms with E-state index < -0.39 is 48.8 Å². The summed E-state index contributed by atoms with van der Waals surface area (Å²) in [5, 5.41) is 9.66. The van der Waals surface area contributed by atoms with Gasteiger partial charge in [-0.2, -0.15) is 0 Å². The number of hydrogen-bond acceptors (Lipinski definition) is 6. The van der Waals surface area contributed by atoms with Crippen LogP contribution in [0.5, 0.6) is 0 Å². The number of benzene rings is 1. The highest BCUT2D eigenvalue weighted by Crippen LogP contribution is 2.67. The molecule has 4 rings (SSSR count). The number of hydrogen-bond donors (Lipinski definition) is 1. The Kier molecular flexibility index (Phi) is 4.27. The second kappa shape index (κ2) is 6.27. The second-order valence-corrected chi connectivity index (χ2v) is 9.17. The van der Waals surface area contributed by atoms with E-state index in [-0.39, 0.29) is 6.54 Å². The summed E-state index contributed by atoms with van der Waals surface area (Å²) < 4.78 is 29.8. The van der Waals surface area contributed by atoms with Crippen molar-refractivity contribution in [3.8, 4) is 0 Å². The number of fused-ring (bicyclic) bond motifs is 1. The topological polar surface area (TPSA) is 102 Å². The minimum Gasteiger partial charge on any atom is -0.481 e. The van der Waals surface area contributed by atoms with Gasteiger partial charge in [0.15, 0.2) is 5.78 Å². The van der Waals surface area contributed by atoms with E-state index in [0.717, 1.165) is 5.56 Å². The van der Waals surface area contributed by atoms with E-state index in [1.165, 1.54) is 19.1 Å². The van der Waals surface area contributed by atoms with Gasteiger partial charge in [-0.3, -0.25) is 14.2 Å². The molecule has 2 fully saturated rings. The molecule has 3 heterocycles. The lowest BCUT2D eigenvalue weighted by atomic mass is 9.77. The molecular weight excluding hydrogens is 373 g/mol. The fourth-order valence-electron chi connectivity index (χ4n) is 4.52. The molecule has 2 saturated heterocycles. The van der Waals surface area contributed by atoms with Gasteiger partial charge >= 0.3 is 13.6 Å². The number of carboxylic acids is 1. The van der Waals surface area contributed by atoms with Crippen molar-refractivity contribution in [2.24, 2.45) is 11.8 Å². The zero-order valence-electron chi connectivity index (χ0n) is 14.8. The summed E-state index contributed by atoms with van der Waals surface area (Å²) in [6.07, 6.45) is 2.54. The minimum atomic E-state index is -3.81. The molecule has 1 aromatic carbocycles. The van der Waals surface area contributed by atoms with Crippen LogP contribution in [0.4, 0.5) is 0 Å². The molecule has 144 valence electrons. The van der Waals surface area contributed by atoms with Crippen molar-refractivity contribution in [1.29, 1.82) is 0 Å².